The van der Waals surface area contributed by atoms with Gasteiger partial charge in [-0.3, -0.25) is 14.4 Å². The van der Waals surface area contributed by atoms with E-state index in [1.165, 1.54) is 17.0 Å². The molecule has 2 fully saturated rings. The fourth-order valence-electron chi connectivity index (χ4n) is 7.38. The Hall–Kier alpha value is -5.12. The van der Waals surface area contributed by atoms with Crippen molar-refractivity contribution in [3.63, 3.8) is 0 Å². The molecule has 2 aromatic carbocycles. The number of hydrogen-bond acceptors (Lipinski definition) is 10. The van der Waals surface area contributed by atoms with Crippen molar-refractivity contribution in [2.45, 2.75) is 113 Å². The van der Waals surface area contributed by atoms with Crippen LogP contribution in [-0.2, 0) is 46.8 Å². The summed E-state index contributed by atoms with van der Waals surface area (Å²) in [5.41, 5.74) is -0.350. The zero-order valence-corrected chi connectivity index (χ0v) is 32.1. The minimum absolute atomic E-state index is 0.100. The number of nitrogens with zero attached hydrogens (tertiary/aromatic N) is 2. The van der Waals surface area contributed by atoms with Crippen molar-refractivity contribution in [2.75, 3.05) is 13.1 Å². The van der Waals surface area contributed by atoms with Gasteiger partial charge >= 0.3 is 12.2 Å². The lowest BCUT2D eigenvalue weighted by Gasteiger charge is -2.30. The van der Waals surface area contributed by atoms with Crippen LogP contribution < -0.4 is 15.4 Å². The van der Waals surface area contributed by atoms with E-state index >= 15 is 0 Å². The van der Waals surface area contributed by atoms with E-state index in [0.29, 0.717) is 38.8 Å². The molecule has 0 radical (unpaired) electrons. The highest BCUT2D eigenvalue weighted by molar-refractivity contribution is 7.90. The second-order valence-electron chi connectivity index (χ2n) is 15.7. The fourth-order valence-corrected chi connectivity index (χ4v) is 8.42. The number of phenolic OH excluding ortho intramolecular Hbond substituents is 1. The third-order valence-electron chi connectivity index (χ3n) is 10.4. The number of rotatable bonds is 5. The highest BCUT2D eigenvalue weighted by Crippen LogP contribution is 2.46. The summed E-state index contributed by atoms with van der Waals surface area (Å²) in [5, 5.41) is 15.1. The maximum absolute atomic E-state index is 14.4. The molecule has 0 bridgehead atoms. The van der Waals surface area contributed by atoms with Gasteiger partial charge in [0.05, 0.1) is 11.4 Å². The number of alkyl carbamates (subject to hydrolysis) is 1. The third kappa shape index (κ3) is 9.40. The Labute approximate surface area is 320 Å². The van der Waals surface area contributed by atoms with Gasteiger partial charge in [-0.15, -0.1) is 0 Å². The molecule has 4 aliphatic rings. The topological polar surface area (TPSA) is 201 Å². The van der Waals surface area contributed by atoms with Gasteiger partial charge in [0.2, 0.25) is 11.8 Å². The number of benzene rings is 2. The number of phenols is 1. The first kappa shape index (κ1) is 39.6. The fraction of sp³-hybridized carbons (Fsp3) is 0.513. The van der Waals surface area contributed by atoms with Gasteiger partial charge in [0.15, 0.2) is 0 Å². The Morgan fingerprint density at radius 1 is 1.00 bits per heavy atom. The summed E-state index contributed by atoms with van der Waals surface area (Å²) >= 11 is 0. The summed E-state index contributed by atoms with van der Waals surface area (Å²) in [6.45, 7) is 5.72. The molecule has 55 heavy (non-hydrogen) atoms. The van der Waals surface area contributed by atoms with Gasteiger partial charge in [0.1, 0.15) is 35.1 Å². The van der Waals surface area contributed by atoms with Crippen molar-refractivity contribution >= 4 is 39.9 Å². The molecule has 0 spiro atoms. The van der Waals surface area contributed by atoms with Crippen LogP contribution in [0.4, 0.5) is 9.59 Å². The molecule has 4 N–H and O–H groups in total. The minimum atomic E-state index is -4.40. The predicted octanol–water partition coefficient (Wildman–Crippen LogP) is 3.65. The number of allylic oxidation sites excluding steroid dienone is 1. The molecule has 1 aliphatic carbocycles. The van der Waals surface area contributed by atoms with E-state index in [4.69, 9.17) is 9.47 Å². The monoisotopic (exact) mass is 779 g/mol. The van der Waals surface area contributed by atoms with Crippen molar-refractivity contribution < 1.29 is 47.0 Å². The number of hydrogen-bond donors (Lipinski definition) is 4. The van der Waals surface area contributed by atoms with Crippen LogP contribution in [0.2, 0.25) is 0 Å². The second kappa shape index (κ2) is 15.9. The first-order chi connectivity index (χ1) is 26.0. The first-order valence-corrected chi connectivity index (χ1v) is 20.2. The molecule has 16 heteroatoms. The van der Waals surface area contributed by atoms with Crippen LogP contribution in [0.3, 0.4) is 0 Å². The summed E-state index contributed by atoms with van der Waals surface area (Å²) in [7, 11) is -4.40. The van der Waals surface area contributed by atoms with Gasteiger partial charge in [-0.2, -0.15) is 0 Å². The van der Waals surface area contributed by atoms with Crippen LogP contribution in [0.25, 0.3) is 0 Å². The predicted molar refractivity (Wildman–Crippen MR) is 199 cm³/mol. The van der Waals surface area contributed by atoms with Gasteiger partial charge in [-0.25, -0.2) is 22.7 Å². The Balaban J connectivity index is 1.26. The van der Waals surface area contributed by atoms with E-state index < -0.39 is 75.2 Å². The Kier molecular flexibility index (Phi) is 11.5. The Morgan fingerprint density at radius 2 is 1.73 bits per heavy atom. The average molecular weight is 780 g/mol. The molecule has 15 nitrogen and oxygen atoms in total. The summed E-state index contributed by atoms with van der Waals surface area (Å²) in [5.74, 6) is -2.97. The number of fused-ring (bicyclic) bond motifs is 3. The average Bonchev–Trinajstić information content (AvgIpc) is 3.66. The molecule has 5 amide bonds. The maximum Gasteiger partial charge on any atom is 0.410 e. The number of nitrogens with one attached hydrogen (secondary N) is 3. The zero-order chi connectivity index (χ0) is 39.5. The first-order valence-electron chi connectivity index (χ1n) is 18.7. The van der Waals surface area contributed by atoms with Crippen molar-refractivity contribution in [3.8, 4) is 5.75 Å². The summed E-state index contributed by atoms with van der Waals surface area (Å²) in [4.78, 5) is 71.6. The molecule has 3 heterocycles. The molecule has 3 aliphatic heterocycles. The molecule has 6 rings (SSSR count). The number of amides is 5. The lowest BCUT2D eigenvalue weighted by atomic mass is 10.0. The van der Waals surface area contributed by atoms with Crippen LogP contribution in [-0.4, -0.2) is 95.6 Å². The Morgan fingerprint density at radius 3 is 2.45 bits per heavy atom. The molecule has 1 saturated carbocycles. The number of sulfonamides is 1. The SMILES string of the molecule is CC(C)(C)OC(=O)N[C@H]1CCCCC/C=C\[C@@H]2C[C@@]2(C(=O)NS(=O)(=O)c2ccc(O)cc2)NC(=O)[C@@H]2C[C@@H](OC(=O)N3CCc4ccccc4C3)CN2C1=O. The quantitative estimate of drug-likeness (QED) is 0.325. The number of carbonyl (C=O) groups is 5. The highest BCUT2D eigenvalue weighted by atomic mass is 32.2. The maximum atomic E-state index is 14.4. The molecule has 296 valence electrons. The molecular weight excluding hydrogens is 731 g/mol. The van der Waals surface area contributed by atoms with E-state index in [1.54, 1.807) is 31.7 Å². The molecule has 2 aromatic rings. The molecule has 0 unspecified atom stereocenters. The standard InChI is InChI=1S/C39H49N5O10S/c1-38(2,3)54-36(49)40-31-14-8-6-4-5-7-13-27-22-39(27,35(48)42-55(51,52)30-17-15-28(45)16-18-30)41-33(46)32-21-29(24-44(32)34(31)47)53-37(50)43-20-19-25-11-9-10-12-26(25)23-43/h7,9-13,15-18,27,29,31-32,45H,4-6,8,14,19-24H2,1-3H3,(H,40,49)(H,41,46)(H,42,48)/b13-7-/t27-,29-,31+,32+,39-/m1/s1. The number of aromatic hydroxyl groups is 1. The van der Waals surface area contributed by atoms with E-state index in [1.807, 2.05) is 30.3 Å². The van der Waals surface area contributed by atoms with Gasteiger partial charge in [-0.1, -0.05) is 49.3 Å². The Bertz CT molecular complexity index is 1950. The van der Waals surface area contributed by atoms with Gasteiger partial charge < -0.3 is 35.0 Å². The van der Waals surface area contributed by atoms with E-state index in [0.717, 1.165) is 29.7 Å². The van der Waals surface area contributed by atoms with Crippen molar-refractivity contribution in [1.29, 1.82) is 0 Å². The van der Waals surface area contributed by atoms with Crippen molar-refractivity contribution in [2.24, 2.45) is 5.92 Å². The van der Waals surface area contributed by atoms with Gasteiger partial charge in [0.25, 0.3) is 15.9 Å². The van der Waals surface area contributed by atoms with Crippen LogP contribution in [0.5, 0.6) is 5.75 Å². The van der Waals surface area contributed by atoms with Crippen LogP contribution in [0.1, 0.15) is 76.8 Å². The molecule has 0 aromatic heterocycles. The largest absolute Gasteiger partial charge is 0.508 e. The smallest absolute Gasteiger partial charge is 0.410 e. The second-order valence-corrected chi connectivity index (χ2v) is 17.3. The highest BCUT2D eigenvalue weighted by Gasteiger charge is 2.61. The molecule has 5 atom stereocenters. The van der Waals surface area contributed by atoms with Crippen LogP contribution in [0.15, 0.2) is 65.6 Å². The summed E-state index contributed by atoms with van der Waals surface area (Å²) < 4.78 is 39.9. The number of ether oxygens (including phenoxy) is 2. The van der Waals surface area contributed by atoms with Crippen LogP contribution >= 0.6 is 0 Å². The van der Waals surface area contributed by atoms with Crippen LogP contribution in [0, 0.1) is 5.92 Å². The number of carbonyl (C=O) groups excluding carboxylic acids is 5. The lowest BCUT2D eigenvalue weighted by molar-refractivity contribution is -0.141. The van der Waals surface area contributed by atoms with Gasteiger partial charge in [-0.05, 0) is 88.3 Å². The van der Waals surface area contributed by atoms with E-state index in [2.05, 4.69) is 15.4 Å². The molecular formula is C39H49N5O10S. The van der Waals surface area contributed by atoms with E-state index in [-0.39, 0.29) is 36.5 Å². The summed E-state index contributed by atoms with van der Waals surface area (Å²) in [6, 6.07) is 10.2. The zero-order valence-electron chi connectivity index (χ0n) is 31.3. The van der Waals surface area contributed by atoms with E-state index in [9.17, 15) is 37.5 Å². The minimum Gasteiger partial charge on any atom is -0.508 e. The molecule has 1 saturated heterocycles. The lowest BCUT2D eigenvalue weighted by Crippen LogP contribution is -2.58. The van der Waals surface area contributed by atoms with Crippen molar-refractivity contribution in [1.82, 2.24) is 25.2 Å². The van der Waals surface area contributed by atoms with Gasteiger partial charge in [0, 0.05) is 25.4 Å². The third-order valence-corrected chi connectivity index (χ3v) is 11.7. The van der Waals surface area contributed by atoms with Crippen molar-refractivity contribution in [3.05, 3.63) is 71.8 Å². The summed E-state index contributed by atoms with van der Waals surface area (Å²) in [6.07, 6.45) is 4.94. The normalized spacial score (nSPS) is 26.5.